The zero-order valence-corrected chi connectivity index (χ0v) is 10.2. The van der Waals surface area contributed by atoms with Crippen molar-refractivity contribution in [1.29, 1.82) is 5.26 Å². The summed E-state index contributed by atoms with van der Waals surface area (Å²) in [4.78, 5) is 12.0. The van der Waals surface area contributed by atoms with Crippen LogP contribution in [0.1, 0.15) is 26.7 Å². The van der Waals surface area contributed by atoms with Crippen molar-refractivity contribution < 1.29 is 20.1 Å². The lowest BCUT2D eigenvalue weighted by atomic mass is 9.82. The van der Waals surface area contributed by atoms with E-state index >= 15 is 0 Å². The molecular weight excluding hydrogens is 224 g/mol. The average Bonchev–Trinajstić information content (AvgIpc) is 2.39. The molecule has 0 unspecified atom stereocenters. The number of nitrogens with one attached hydrogen (secondary N) is 1. The van der Waals surface area contributed by atoms with E-state index < -0.39 is 36.7 Å². The van der Waals surface area contributed by atoms with Crippen molar-refractivity contribution >= 4 is 5.91 Å². The number of amides is 1. The summed E-state index contributed by atoms with van der Waals surface area (Å²) in [6.07, 6.45) is 0.647. The fourth-order valence-corrected chi connectivity index (χ4v) is 1.41. The minimum atomic E-state index is -1.48. The van der Waals surface area contributed by atoms with Crippen LogP contribution in [-0.2, 0) is 4.79 Å². The van der Waals surface area contributed by atoms with Crippen LogP contribution >= 0.6 is 0 Å². The topological polar surface area (TPSA) is 114 Å². The monoisotopic (exact) mass is 244 g/mol. The van der Waals surface area contributed by atoms with Gasteiger partial charge in [0, 0.05) is 0 Å². The first-order valence-corrected chi connectivity index (χ1v) is 5.56. The van der Waals surface area contributed by atoms with Gasteiger partial charge in [-0.25, -0.2) is 0 Å². The summed E-state index contributed by atoms with van der Waals surface area (Å²) in [7, 11) is 0. The molecular formula is C11H20N2O4. The third-order valence-corrected chi connectivity index (χ3v) is 3.14. The average molecular weight is 244 g/mol. The van der Waals surface area contributed by atoms with E-state index in [9.17, 15) is 4.79 Å². The van der Waals surface area contributed by atoms with E-state index in [1.807, 2.05) is 6.07 Å². The molecule has 0 saturated heterocycles. The van der Waals surface area contributed by atoms with Crippen molar-refractivity contribution in [2.45, 2.75) is 32.2 Å². The smallest absolute Gasteiger partial charge is 0.241 e. The Labute approximate surface area is 101 Å². The summed E-state index contributed by atoms with van der Waals surface area (Å²) in [6, 6.07) is 1.95. The highest BCUT2D eigenvalue weighted by atomic mass is 16.3. The van der Waals surface area contributed by atoms with Crippen molar-refractivity contribution in [3.8, 4) is 6.07 Å². The van der Waals surface area contributed by atoms with E-state index in [4.69, 9.17) is 20.6 Å². The Morgan fingerprint density at radius 2 is 1.59 bits per heavy atom. The molecule has 0 atom stereocenters. The van der Waals surface area contributed by atoms with Gasteiger partial charge in [-0.05, 0) is 12.8 Å². The number of nitrogens with zero attached hydrogens (tertiary/aromatic N) is 1. The molecule has 6 nitrogen and oxygen atoms in total. The number of aliphatic hydroxyl groups excluding tert-OH is 3. The molecule has 6 heteroatoms. The van der Waals surface area contributed by atoms with Gasteiger partial charge < -0.3 is 20.6 Å². The first-order chi connectivity index (χ1) is 7.99. The van der Waals surface area contributed by atoms with E-state index in [1.54, 1.807) is 13.8 Å². The molecule has 0 heterocycles. The quantitative estimate of drug-likeness (QED) is 0.466. The molecule has 0 bridgehead atoms. The van der Waals surface area contributed by atoms with Crippen LogP contribution in [-0.4, -0.2) is 46.6 Å². The Balaban J connectivity index is 5.01. The van der Waals surface area contributed by atoms with Crippen LogP contribution in [0.3, 0.4) is 0 Å². The van der Waals surface area contributed by atoms with Crippen molar-refractivity contribution in [2.75, 3.05) is 19.8 Å². The molecule has 17 heavy (non-hydrogen) atoms. The van der Waals surface area contributed by atoms with Crippen LogP contribution in [0.15, 0.2) is 0 Å². The van der Waals surface area contributed by atoms with Gasteiger partial charge >= 0.3 is 0 Å². The first-order valence-electron chi connectivity index (χ1n) is 5.56. The number of aliphatic hydroxyl groups is 3. The van der Waals surface area contributed by atoms with Gasteiger partial charge in [0.15, 0.2) is 0 Å². The van der Waals surface area contributed by atoms with Gasteiger partial charge in [-0.3, -0.25) is 4.79 Å². The molecule has 0 radical (unpaired) electrons. The van der Waals surface area contributed by atoms with E-state index in [1.165, 1.54) is 0 Å². The molecule has 0 fully saturated rings. The second-order valence-corrected chi connectivity index (χ2v) is 4.11. The molecule has 0 rings (SSSR count). The lowest BCUT2D eigenvalue weighted by molar-refractivity contribution is -0.133. The molecule has 0 aromatic rings. The normalized spacial score (nSPS) is 12.0. The molecule has 0 aliphatic heterocycles. The molecule has 0 aliphatic carbocycles. The Bertz CT molecular complexity index is 282. The number of hydrogen-bond acceptors (Lipinski definition) is 5. The molecule has 0 saturated carbocycles. The van der Waals surface area contributed by atoms with Crippen molar-refractivity contribution in [1.82, 2.24) is 5.32 Å². The third kappa shape index (κ3) is 3.16. The number of nitriles is 1. The highest BCUT2D eigenvalue weighted by Gasteiger charge is 2.40. The van der Waals surface area contributed by atoms with Gasteiger partial charge in [0.2, 0.25) is 5.91 Å². The van der Waals surface area contributed by atoms with Crippen molar-refractivity contribution in [3.05, 3.63) is 0 Å². The molecule has 0 aromatic heterocycles. The molecule has 4 N–H and O–H groups in total. The Morgan fingerprint density at radius 3 is 1.82 bits per heavy atom. The fourth-order valence-electron chi connectivity index (χ4n) is 1.41. The number of carbonyl (C=O) groups is 1. The van der Waals surface area contributed by atoms with Crippen LogP contribution in [0.4, 0.5) is 0 Å². The van der Waals surface area contributed by atoms with Crippen LogP contribution in [0.2, 0.25) is 0 Å². The Morgan fingerprint density at radius 1 is 1.18 bits per heavy atom. The Kier molecular flexibility index (Phi) is 6.10. The Hall–Kier alpha value is -1.16. The third-order valence-electron chi connectivity index (χ3n) is 3.14. The SMILES string of the molecule is CCC(C#N)(CC)C(=O)NC(CO)(CO)CO. The number of hydrogen-bond donors (Lipinski definition) is 4. The maximum atomic E-state index is 12.0. The summed E-state index contributed by atoms with van der Waals surface area (Å²) < 4.78 is 0. The van der Waals surface area contributed by atoms with Crippen LogP contribution in [0, 0.1) is 16.7 Å². The highest BCUT2D eigenvalue weighted by molar-refractivity contribution is 5.86. The minimum absolute atomic E-state index is 0.324. The summed E-state index contributed by atoms with van der Waals surface area (Å²) >= 11 is 0. The summed E-state index contributed by atoms with van der Waals surface area (Å²) in [5.41, 5.74) is -2.67. The van der Waals surface area contributed by atoms with E-state index in [2.05, 4.69) is 5.32 Å². The van der Waals surface area contributed by atoms with Gasteiger partial charge in [-0.2, -0.15) is 5.26 Å². The van der Waals surface area contributed by atoms with Crippen molar-refractivity contribution in [2.24, 2.45) is 5.41 Å². The summed E-state index contributed by atoms with van der Waals surface area (Å²) in [6.45, 7) is 1.64. The number of carbonyl (C=O) groups excluding carboxylic acids is 1. The molecule has 98 valence electrons. The van der Waals surface area contributed by atoms with Gasteiger partial charge in [0.05, 0.1) is 25.9 Å². The first kappa shape index (κ1) is 15.8. The lowest BCUT2D eigenvalue weighted by Gasteiger charge is -2.33. The second kappa shape index (κ2) is 6.55. The largest absolute Gasteiger partial charge is 0.394 e. The van der Waals surface area contributed by atoms with Gasteiger partial charge in [-0.15, -0.1) is 0 Å². The maximum Gasteiger partial charge on any atom is 0.241 e. The molecule has 1 amide bonds. The summed E-state index contributed by atoms with van der Waals surface area (Å²) in [5, 5.41) is 38.7. The zero-order chi connectivity index (χ0) is 13.5. The van der Waals surface area contributed by atoms with Gasteiger partial charge in [-0.1, -0.05) is 13.8 Å². The minimum Gasteiger partial charge on any atom is -0.394 e. The highest BCUT2D eigenvalue weighted by Crippen LogP contribution is 2.26. The fraction of sp³-hybridized carbons (Fsp3) is 0.818. The van der Waals surface area contributed by atoms with Gasteiger partial charge in [0.25, 0.3) is 0 Å². The van der Waals surface area contributed by atoms with E-state index in [0.29, 0.717) is 12.8 Å². The van der Waals surface area contributed by atoms with Crippen LogP contribution < -0.4 is 5.32 Å². The number of rotatable bonds is 7. The predicted molar refractivity (Wildman–Crippen MR) is 60.8 cm³/mol. The second-order valence-electron chi connectivity index (χ2n) is 4.11. The van der Waals surface area contributed by atoms with Gasteiger partial charge in [0.1, 0.15) is 11.0 Å². The van der Waals surface area contributed by atoms with E-state index in [-0.39, 0.29) is 0 Å². The molecule has 0 aromatic carbocycles. The standard InChI is InChI=1S/C11H20N2O4/c1-3-10(4-2,5-12)9(17)13-11(6-14,7-15)8-16/h14-16H,3-4,6-8H2,1-2H3,(H,13,17). The predicted octanol–water partition coefficient (Wildman–Crippen LogP) is -0.852. The molecule has 0 spiro atoms. The lowest BCUT2D eigenvalue weighted by Crippen LogP contribution is -2.60. The van der Waals surface area contributed by atoms with Crippen LogP contribution in [0.5, 0.6) is 0 Å². The van der Waals surface area contributed by atoms with Crippen molar-refractivity contribution in [3.63, 3.8) is 0 Å². The van der Waals surface area contributed by atoms with E-state index in [0.717, 1.165) is 0 Å². The molecule has 0 aliphatic rings. The maximum absolute atomic E-state index is 12.0. The zero-order valence-electron chi connectivity index (χ0n) is 10.2. The summed E-state index contributed by atoms with van der Waals surface area (Å²) in [5.74, 6) is -0.581. The van der Waals surface area contributed by atoms with Crippen LogP contribution in [0.25, 0.3) is 0 Å².